The smallest absolute Gasteiger partial charge is 0.303 e. The van der Waals surface area contributed by atoms with E-state index in [1.54, 1.807) is 20.8 Å². The molecule has 5 heterocycles. The van der Waals surface area contributed by atoms with Gasteiger partial charge in [-0.05, 0) is 17.7 Å². The molecule has 5 aliphatic heterocycles. The van der Waals surface area contributed by atoms with Crippen LogP contribution in [0, 0.1) is 5.41 Å². The average molecular weight is 529 g/mol. The van der Waals surface area contributed by atoms with Crippen molar-refractivity contribution in [3.63, 3.8) is 0 Å². The van der Waals surface area contributed by atoms with Gasteiger partial charge in [0.25, 0.3) is 11.8 Å². The topological polar surface area (TPSA) is 140 Å². The lowest BCUT2D eigenvalue weighted by Crippen LogP contribution is -2.77. The number of amides is 2. The summed E-state index contributed by atoms with van der Waals surface area (Å²) in [6.45, 7) is 6.94. The van der Waals surface area contributed by atoms with Crippen LogP contribution in [0.3, 0.4) is 0 Å². The Balaban J connectivity index is 1.74. The van der Waals surface area contributed by atoms with E-state index in [1.807, 2.05) is 0 Å². The second-order valence-corrected chi connectivity index (χ2v) is 13.3. The van der Waals surface area contributed by atoms with Gasteiger partial charge in [-0.1, -0.05) is 24.6 Å². The molecule has 0 aromatic carbocycles. The molecule has 2 spiro atoms. The quantitative estimate of drug-likeness (QED) is 0.398. The van der Waals surface area contributed by atoms with Crippen molar-refractivity contribution in [2.45, 2.75) is 86.7 Å². The molecule has 0 aromatic heterocycles. The predicted octanol–water partition coefficient (Wildman–Crippen LogP) is 0.229. The summed E-state index contributed by atoms with van der Waals surface area (Å²) in [5.74, 6) is -2.71. The summed E-state index contributed by atoms with van der Waals surface area (Å²) in [6, 6.07) is -0.995. The summed E-state index contributed by atoms with van der Waals surface area (Å²) in [6.07, 6.45) is -2.24. The molecule has 6 fully saturated rings. The number of esters is 2. The summed E-state index contributed by atoms with van der Waals surface area (Å²) >= 11 is 0. The number of ketones is 1. The third-order valence-corrected chi connectivity index (χ3v) is 12.0. The molecule has 0 radical (unpaired) electrons. The molecule has 1 N–H and O–H groups in total. The molecule has 2 bridgehead atoms. The molecule has 1 unspecified atom stereocenters. The van der Waals surface area contributed by atoms with Gasteiger partial charge in [0.2, 0.25) is 4.87 Å². The second-order valence-electron chi connectivity index (χ2n) is 10.6. The van der Waals surface area contributed by atoms with E-state index >= 15 is 0 Å². The molecule has 6 rings (SSSR count). The van der Waals surface area contributed by atoms with E-state index in [-0.39, 0.29) is 18.6 Å². The van der Waals surface area contributed by atoms with E-state index in [0.29, 0.717) is 0 Å². The summed E-state index contributed by atoms with van der Waals surface area (Å²) < 4.78 is 17.9. The van der Waals surface area contributed by atoms with E-state index in [9.17, 15) is 29.1 Å². The fourth-order valence-corrected chi connectivity index (χ4v) is 10.1. The first kappa shape index (κ1) is 24.8. The molecule has 7 atom stereocenters. The lowest BCUT2D eigenvalue weighted by molar-refractivity contribution is -0.202. The van der Waals surface area contributed by atoms with E-state index in [2.05, 4.69) is 0 Å². The maximum absolute atomic E-state index is 13.9. The second kappa shape index (κ2) is 7.14. The zero-order valence-electron chi connectivity index (χ0n) is 20.3. The van der Waals surface area contributed by atoms with Gasteiger partial charge in [-0.3, -0.25) is 24.0 Å². The number of piperazine rings is 1. The summed E-state index contributed by atoms with van der Waals surface area (Å²) in [5.41, 5.74) is -4.32. The molecule has 35 heavy (non-hydrogen) atoms. The van der Waals surface area contributed by atoms with Gasteiger partial charge in [-0.2, -0.15) is 0 Å². The van der Waals surface area contributed by atoms with E-state index in [4.69, 9.17) is 14.2 Å². The van der Waals surface area contributed by atoms with Gasteiger partial charge >= 0.3 is 11.9 Å². The van der Waals surface area contributed by atoms with Gasteiger partial charge in [-0.25, -0.2) is 0 Å². The highest BCUT2D eigenvalue weighted by atomic mass is 33.1. The van der Waals surface area contributed by atoms with Crippen molar-refractivity contribution in [1.82, 2.24) is 9.80 Å². The van der Waals surface area contributed by atoms with Crippen molar-refractivity contribution < 1.29 is 43.3 Å². The van der Waals surface area contributed by atoms with Crippen molar-refractivity contribution in [3.05, 3.63) is 0 Å². The molecule has 1 aliphatic carbocycles. The maximum atomic E-state index is 13.9. The van der Waals surface area contributed by atoms with E-state index in [0.717, 1.165) is 21.6 Å². The Morgan fingerprint density at radius 3 is 2.31 bits per heavy atom. The largest absolute Gasteiger partial charge is 0.455 e. The van der Waals surface area contributed by atoms with Crippen LogP contribution in [-0.4, -0.2) is 97.3 Å². The van der Waals surface area contributed by atoms with Crippen LogP contribution in [0.4, 0.5) is 0 Å². The molecular formula is C22H28N2O9S2. The fraction of sp³-hybridized carbons (Fsp3) is 0.773. The highest BCUT2D eigenvalue weighted by Gasteiger charge is 2.86. The summed E-state index contributed by atoms with van der Waals surface area (Å²) in [7, 11) is 3.65. The molecule has 5 saturated heterocycles. The van der Waals surface area contributed by atoms with Crippen molar-refractivity contribution in [2.24, 2.45) is 5.41 Å². The first-order valence-corrected chi connectivity index (χ1v) is 13.5. The van der Waals surface area contributed by atoms with Crippen molar-refractivity contribution in [2.75, 3.05) is 13.7 Å². The first-order valence-electron chi connectivity index (χ1n) is 11.4. The van der Waals surface area contributed by atoms with Crippen LogP contribution in [0.1, 0.15) is 47.5 Å². The number of nitrogens with zero attached hydrogens (tertiary/aromatic N) is 2. The van der Waals surface area contributed by atoms with Gasteiger partial charge < -0.3 is 29.1 Å². The van der Waals surface area contributed by atoms with Gasteiger partial charge in [0.15, 0.2) is 28.0 Å². The minimum atomic E-state index is -1.71. The Morgan fingerprint density at radius 2 is 1.80 bits per heavy atom. The number of Topliss-reactive ketones (excluding diaryl/α,β-unsaturated/α-hetero) is 1. The molecule has 6 aliphatic rings. The zero-order chi connectivity index (χ0) is 25.9. The van der Waals surface area contributed by atoms with Crippen LogP contribution in [-0.2, 0) is 38.2 Å². The molecule has 13 heteroatoms. The lowest BCUT2D eigenvalue weighted by Gasteiger charge is -2.58. The van der Waals surface area contributed by atoms with E-state index in [1.165, 1.54) is 30.7 Å². The number of aliphatic hydroxyl groups is 1. The van der Waals surface area contributed by atoms with Crippen molar-refractivity contribution in [3.8, 4) is 0 Å². The average Bonchev–Trinajstić information content (AvgIpc) is 3.24. The molecular weight excluding hydrogens is 500 g/mol. The van der Waals surface area contributed by atoms with Gasteiger partial charge in [-0.15, -0.1) is 0 Å². The van der Waals surface area contributed by atoms with Crippen molar-refractivity contribution in [1.29, 1.82) is 0 Å². The number of ether oxygens (including phenoxy) is 3. The number of hydrogen-bond acceptors (Lipinski definition) is 11. The maximum Gasteiger partial charge on any atom is 0.303 e. The van der Waals surface area contributed by atoms with Gasteiger partial charge in [0.1, 0.15) is 0 Å². The fourth-order valence-electron chi connectivity index (χ4n) is 6.50. The Kier molecular flexibility index (Phi) is 5.07. The van der Waals surface area contributed by atoms with Crippen molar-refractivity contribution >= 4 is 51.1 Å². The standard InChI is InChI=1S/C22H28N2O9S2/c1-10-18(4,5)14(28)19(32-10)7-13-20(33-12(3)27,15(19)31-11(2)26)8-21-16(29)23(6)22(9-25,35-34-21)17(30)24(13)21/h10,13,15,25H,7-9H2,1-6H3/t10?,13-,15-,19+,20+,21-,22+/m1/s1. The normalized spacial score (nSPS) is 45.2. The predicted molar refractivity (Wildman–Crippen MR) is 122 cm³/mol. The number of carbonyl (C=O) groups is 5. The SMILES string of the molecule is CC(=O)O[C@H]1[C@]2(OC(C)=O)C[C@]34SS[C@@](CO)(C(=O)N3[C@@H]2C[C@@]12OC(C)C(C)(C)C2=O)N(C)C4=O. The number of likely N-dealkylation sites (N-methyl/N-ethyl adjacent to an activating group) is 1. The van der Waals surface area contributed by atoms with Crippen LogP contribution < -0.4 is 0 Å². The first-order chi connectivity index (χ1) is 16.2. The van der Waals surface area contributed by atoms with Crippen LogP contribution >= 0.6 is 21.6 Å². The molecule has 0 aromatic rings. The third kappa shape index (κ3) is 2.65. The summed E-state index contributed by atoms with van der Waals surface area (Å²) in [5, 5.41) is 10.2. The Bertz CT molecular complexity index is 1080. The molecule has 2 amide bonds. The van der Waals surface area contributed by atoms with Crippen LogP contribution in [0.25, 0.3) is 0 Å². The van der Waals surface area contributed by atoms with Crippen LogP contribution in [0.2, 0.25) is 0 Å². The summed E-state index contributed by atoms with van der Waals surface area (Å²) in [4.78, 5) is 65.8. The number of hydrogen-bond donors (Lipinski definition) is 1. The highest BCUT2D eigenvalue weighted by molar-refractivity contribution is 8.78. The zero-order valence-corrected chi connectivity index (χ0v) is 21.9. The van der Waals surface area contributed by atoms with Gasteiger partial charge in [0, 0.05) is 33.7 Å². The van der Waals surface area contributed by atoms with Gasteiger partial charge in [0.05, 0.1) is 24.2 Å². The Hall–Kier alpha value is -1.83. The molecule has 192 valence electrons. The molecule has 1 saturated carbocycles. The highest BCUT2D eigenvalue weighted by Crippen LogP contribution is 2.70. The third-order valence-electron chi connectivity index (χ3n) is 8.40. The Labute approximate surface area is 209 Å². The Morgan fingerprint density at radius 1 is 1.14 bits per heavy atom. The number of fused-ring (bicyclic) bond motifs is 3. The molecule has 11 nitrogen and oxygen atoms in total. The number of aliphatic hydroxyl groups excluding tert-OH is 1. The van der Waals surface area contributed by atoms with E-state index < -0.39 is 75.0 Å². The number of rotatable bonds is 3. The minimum Gasteiger partial charge on any atom is -0.455 e. The monoisotopic (exact) mass is 528 g/mol. The minimum absolute atomic E-state index is 0.123. The van der Waals surface area contributed by atoms with Crippen LogP contribution in [0.5, 0.6) is 0 Å². The lowest BCUT2D eigenvalue weighted by atomic mass is 9.76. The van der Waals surface area contributed by atoms with Crippen LogP contribution in [0.15, 0.2) is 0 Å². The number of carbonyl (C=O) groups excluding carboxylic acids is 5.